The Labute approximate surface area is 162 Å². The molecule has 2 aromatic heterocycles. The zero-order chi connectivity index (χ0) is 19.5. The van der Waals surface area contributed by atoms with E-state index in [1.807, 2.05) is 12.1 Å². The molecule has 0 radical (unpaired) electrons. The van der Waals surface area contributed by atoms with E-state index in [4.69, 9.17) is 4.52 Å². The van der Waals surface area contributed by atoms with Crippen LogP contribution < -0.4 is 5.32 Å². The quantitative estimate of drug-likeness (QED) is 0.636. The molecule has 3 aromatic rings. The number of carbonyl (C=O) groups is 2. The molecule has 0 spiro atoms. The fraction of sp³-hybridized carbons (Fsp3) is 0.286. The summed E-state index contributed by atoms with van der Waals surface area (Å²) in [5.41, 5.74) is 2.77. The highest BCUT2D eigenvalue weighted by atomic mass is 16.5. The van der Waals surface area contributed by atoms with E-state index in [1.165, 1.54) is 6.92 Å². The molecule has 7 heteroatoms. The molecule has 142 valence electrons. The van der Waals surface area contributed by atoms with Crippen molar-refractivity contribution in [3.63, 3.8) is 0 Å². The molecule has 1 N–H and O–H groups in total. The van der Waals surface area contributed by atoms with E-state index in [0.29, 0.717) is 41.7 Å². The second-order valence-corrected chi connectivity index (χ2v) is 6.89. The first-order chi connectivity index (χ1) is 13.6. The summed E-state index contributed by atoms with van der Waals surface area (Å²) < 4.78 is 5.21. The Hall–Kier alpha value is -3.35. The van der Waals surface area contributed by atoms with E-state index in [0.717, 1.165) is 24.1 Å². The van der Waals surface area contributed by atoms with Gasteiger partial charge >= 0.3 is 0 Å². The van der Waals surface area contributed by atoms with Crippen LogP contribution in [0.5, 0.6) is 0 Å². The number of hydrogen-bond donors (Lipinski definition) is 1. The number of nitrogens with one attached hydrogen (secondary N) is 1. The van der Waals surface area contributed by atoms with Crippen molar-refractivity contribution in [2.75, 3.05) is 6.54 Å². The molecule has 28 heavy (non-hydrogen) atoms. The number of nitrogens with zero attached hydrogens (tertiary/aromatic N) is 3. The van der Waals surface area contributed by atoms with E-state index >= 15 is 0 Å². The van der Waals surface area contributed by atoms with Crippen molar-refractivity contribution in [3.8, 4) is 11.3 Å². The third kappa shape index (κ3) is 4.14. The van der Waals surface area contributed by atoms with Crippen molar-refractivity contribution in [3.05, 3.63) is 65.4 Å². The standard InChI is InChI=1S/C21H20N4O3/c1-13(26)17-8-9-18(23-12-17)14-2-4-15(5-3-14)20(27)22-11-10-19-24-21(28-25-19)16-6-7-16/h2-5,8-9,12,16H,6-7,10-11H2,1H3,(H,22,27). The van der Waals surface area contributed by atoms with Crippen LogP contribution in [-0.2, 0) is 6.42 Å². The zero-order valence-corrected chi connectivity index (χ0v) is 15.5. The summed E-state index contributed by atoms with van der Waals surface area (Å²) in [4.78, 5) is 32.3. The third-order valence-corrected chi connectivity index (χ3v) is 4.66. The molecule has 1 aliphatic carbocycles. The van der Waals surface area contributed by atoms with Crippen molar-refractivity contribution in [2.24, 2.45) is 0 Å². The van der Waals surface area contributed by atoms with Crippen LogP contribution in [0.15, 0.2) is 47.1 Å². The Kier molecular flexibility index (Phi) is 4.97. The molecule has 0 unspecified atom stereocenters. The molecule has 7 nitrogen and oxygen atoms in total. The molecule has 0 bridgehead atoms. The molecule has 4 rings (SSSR count). The Bertz CT molecular complexity index is 989. The molecule has 0 aliphatic heterocycles. The molecular weight excluding hydrogens is 356 g/mol. The van der Waals surface area contributed by atoms with Gasteiger partial charge in [-0.15, -0.1) is 0 Å². The molecule has 1 fully saturated rings. The van der Waals surface area contributed by atoms with Gasteiger partial charge in [0, 0.05) is 41.8 Å². The summed E-state index contributed by atoms with van der Waals surface area (Å²) in [5, 5.41) is 6.81. The lowest BCUT2D eigenvalue weighted by atomic mass is 10.1. The second kappa shape index (κ2) is 7.72. The summed E-state index contributed by atoms with van der Waals surface area (Å²) in [6.07, 6.45) is 4.33. The molecule has 0 atom stereocenters. The van der Waals surface area contributed by atoms with Crippen LogP contribution in [0.2, 0.25) is 0 Å². The van der Waals surface area contributed by atoms with Crippen molar-refractivity contribution < 1.29 is 14.1 Å². The van der Waals surface area contributed by atoms with Crippen molar-refractivity contribution in [1.29, 1.82) is 0 Å². The fourth-order valence-electron chi connectivity index (χ4n) is 2.82. The minimum atomic E-state index is -0.155. The number of carbonyl (C=O) groups excluding carboxylic acids is 2. The fourth-order valence-corrected chi connectivity index (χ4v) is 2.82. The Morgan fingerprint density at radius 1 is 1.11 bits per heavy atom. The van der Waals surface area contributed by atoms with Gasteiger partial charge in [0.2, 0.25) is 5.89 Å². The Morgan fingerprint density at radius 3 is 2.50 bits per heavy atom. The minimum Gasteiger partial charge on any atom is -0.352 e. The van der Waals surface area contributed by atoms with E-state index in [1.54, 1.807) is 30.5 Å². The number of rotatable bonds is 7. The lowest BCUT2D eigenvalue weighted by Crippen LogP contribution is -2.25. The lowest BCUT2D eigenvalue weighted by molar-refractivity contribution is 0.0952. The van der Waals surface area contributed by atoms with Gasteiger partial charge in [0.15, 0.2) is 11.6 Å². The summed E-state index contributed by atoms with van der Waals surface area (Å²) >= 11 is 0. The summed E-state index contributed by atoms with van der Waals surface area (Å²) in [6, 6.07) is 10.7. The first-order valence-corrected chi connectivity index (χ1v) is 9.28. The number of ketones is 1. The maximum atomic E-state index is 12.3. The average molecular weight is 376 g/mol. The minimum absolute atomic E-state index is 0.0179. The topological polar surface area (TPSA) is 98.0 Å². The maximum Gasteiger partial charge on any atom is 0.251 e. The molecule has 2 heterocycles. The van der Waals surface area contributed by atoms with E-state index in [2.05, 4.69) is 20.4 Å². The Morgan fingerprint density at radius 2 is 1.86 bits per heavy atom. The van der Waals surface area contributed by atoms with Crippen LogP contribution in [0, 0.1) is 0 Å². The molecule has 1 aliphatic rings. The summed E-state index contributed by atoms with van der Waals surface area (Å²) in [6.45, 7) is 1.95. The van der Waals surface area contributed by atoms with Gasteiger partial charge in [-0.1, -0.05) is 17.3 Å². The molecule has 0 saturated heterocycles. The van der Waals surface area contributed by atoms with Gasteiger partial charge in [-0.2, -0.15) is 4.98 Å². The number of Topliss-reactive ketones (excluding diaryl/α,β-unsaturated/α-hetero) is 1. The van der Waals surface area contributed by atoms with Crippen molar-refractivity contribution in [1.82, 2.24) is 20.4 Å². The highest BCUT2D eigenvalue weighted by molar-refractivity contribution is 5.95. The number of amides is 1. The van der Waals surface area contributed by atoms with Crippen molar-refractivity contribution >= 4 is 11.7 Å². The van der Waals surface area contributed by atoms with E-state index < -0.39 is 0 Å². The van der Waals surface area contributed by atoms with Crippen LogP contribution >= 0.6 is 0 Å². The maximum absolute atomic E-state index is 12.3. The summed E-state index contributed by atoms with van der Waals surface area (Å²) in [7, 11) is 0. The first kappa shape index (κ1) is 18.0. The zero-order valence-electron chi connectivity index (χ0n) is 15.5. The van der Waals surface area contributed by atoms with Gasteiger partial charge in [-0.05, 0) is 44.0 Å². The number of aromatic nitrogens is 3. The van der Waals surface area contributed by atoms with Crippen LogP contribution in [0.25, 0.3) is 11.3 Å². The molecule has 1 amide bonds. The summed E-state index contributed by atoms with van der Waals surface area (Å²) in [5.74, 6) is 1.59. The van der Waals surface area contributed by atoms with E-state index in [-0.39, 0.29) is 11.7 Å². The smallest absolute Gasteiger partial charge is 0.251 e. The lowest BCUT2D eigenvalue weighted by Gasteiger charge is -2.06. The first-order valence-electron chi connectivity index (χ1n) is 9.28. The third-order valence-electron chi connectivity index (χ3n) is 4.66. The van der Waals surface area contributed by atoms with Gasteiger partial charge in [0.25, 0.3) is 5.91 Å². The van der Waals surface area contributed by atoms with Crippen LogP contribution in [0.3, 0.4) is 0 Å². The van der Waals surface area contributed by atoms with Gasteiger partial charge in [0.05, 0.1) is 5.69 Å². The van der Waals surface area contributed by atoms with Gasteiger partial charge in [-0.3, -0.25) is 14.6 Å². The monoisotopic (exact) mass is 376 g/mol. The molecular formula is C21H20N4O3. The van der Waals surface area contributed by atoms with Crippen LogP contribution in [-0.4, -0.2) is 33.4 Å². The SMILES string of the molecule is CC(=O)c1ccc(-c2ccc(C(=O)NCCc3noc(C4CC4)n3)cc2)nc1. The molecule has 1 aromatic carbocycles. The Balaban J connectivity index is 1.32. The molecule has 1 saturated carbocycles. The van der Waals surface area contributed by atoms with E-state index in [9.17, 15) is 9.59 Å². The predicted octanol–water partition coefficient (Wildman–Crippen LogP) is 3.18. The van der Waals surface area contributed by atoms with Crippen LogP contribution in [0.4, 0.5) is 0 Å². The van der Waals surface area contributed by atoms with Gasteiger partial charge < -0.3 is 9.84 Å². The second-order valence-electron chi connectivity index (χ2n) is 6.89. The number of benzene rings is 1. The predicted molar refractivity (Wildman–Crippen MR) is 102 cm³/mol. The number of hydrogen-bond acceptors (Lipinski definition) is 6. The highest BCUT2D eigenvalue weighted by Gasteiger charge is 2.29. The highest BCUT2D eigenvalue weighted by Crippen LogP contribution is 2.38. The number of pyridine rings is 1. The van der Waals surface area contributed by atoms with Crippen molar-refractivity contribution in [2.45, 2.75) is 32.1 Å². The van der Waals surface area contributed by atoms with Crippen LogP contribution in [0.1, 0.15) is 58.1 Å². The normalized spacial score (nSPS) is 13.3. The van der Waals surface area contributed by atoms with Gasteiger partial charge in [0.1, 0.15) is 0 Å². The largest absolute Gasteiger partial charge is 0.352 e. The average Bonchev–Trinajstić information content (AvgIpc) is 3.47. The van der Waals surface area contributed by atoms with Gasteiger partial charge in [-0.25, -0.2) is 0 Å².